The van der Waals surface area contributed by atoms with Crippen molar-refractivity contribution in [1.29, 1.82) is 0 Å². The van der Waals surface area contributed by atoms with Gasteiger partial charge in [-0.05, 0) is 13.3 Å². The van der Waals surface area contributed by atoms with Crippen LogP contribution < -0.4 is 5.32 Å². The highest BCUT2D eigenvalue weighted by atomic mass is 16.5. The number of hydrogen-bond acceptors (Lipinski definition) is 5. The summed E-state index contributed by atoms with van der Waals surface area (Å²) in [5.41, 5.74) is 0. The second kappa shape index (κ2) is 8.64. The van der Waals surface area contributed by atoms with Gasteiger partial charge in [-0.25, -0.2) is 0 Å². The van der Waals surface area contributed by atoms with Gasteiger partial charge in [0.1, 0.15) is 0 Å². The van der Waals surface area contributed by atoms with Gasteiger partial charge >= 0.3 is 5.97 Å². The molecule has 0 rings (SSSR count). The van der Waals surface area contributed by atoms with E-state index in [9.17, 15) is 4.79 Å². The lowest BCUT2D eigenvalue weighted by Crippen LogP contribution is -2.41. The number of aliphatic hydroxyl groups is 1. The van der Waals surface area contributed by atoms with E-state index in [1.807, 2.05) is 6.92 Å². The molecule has 2 atom stereocenters. The summed E-state index contributed by atoms with van der Waals surface area (Å²) in [5, 5.41) is 12.0. The van der Waals surface area contributed by atoms with Crippen LogP contribution in [0.4, 0.5) is 0 Å². The minimum atomic E-state index is -0.241. The molecule has 0 aromatic heterocycles. The van der Waals surface area contributed by atoms with Crippen LogP contribution in [0.15, 0.2) is 0 Å². The molecule has 0 radical (unpaired) electrons. The van der Waals surface area contributed by atoms with Crippen molar-refractivity contribution in [1.82, 2.24) is 5.32 Å². The maximum Gasteiger partial charge on any atom is 0.307 e. The van der Waals surface area contributed by atoms with Gasteiger partial charge in [0.25, 0.3) is 0 Å². The Balaban J connectivity index is 3.87. The topological polar surface area (TPSA) is 67.8 Å². The molecule has 0 aromatic carbocycles. The molecule has 0 spiro atoms. The number of hydrogen-bond donors (Lipinski definition) is 2. The van der Waals surface area contributed by atoms with Crippen molar-refractivity contribution in [2.45, 2.75) is 31.8 Å². The largest absolute Gasteiger partial charge is 0.469 e. The first-order valence-corrected chi connectivity index (χ1v) is 5.06. The smallest absolute Gasteiger partial charge is 0.307 e. The molecule has 0 aromatic rings. The zero-order valence-corrected chi connectivity index (χ0v) is 9.66. The Morgan fingerprint density at radius 1 is 1.47 bits per heavy atom. The lowest BCUT2D eigenvalue weighted by molar-refractivity contribution is -0.141. The zero-order valence-electron chi connectivity index (χ0n) is 9.66. The van der Waals surface area contributed by atoms with Crippen LogP contribution in [0, 0.1) is 0 Å². The van der Waals surface area contributed by atoms with Gasteiger partial charge < -0.3 is 19.9 Å². The van der Waals surface area contributed by atoms with Crippen LogP contribution in [0.3, 0.4) is 0 Å². The first-order chi connectivity index (χ1) is 7.13. The molecule has 90 valence electrons. The second-order valence-corrected chi connectivity index (χ2v) is 3.51. The number of carbonyl (C=O) groups excluding carboxylic acids is 1. The van der Waals surface area contributed by atoms with Crippen molar-refractivity contribution in [3.05, 3.63) is 0 Å². The van der Waals surface area contributed by atoms with Crippen LogP contribution in [-0.2, 0) is 14.3 Å². The number of aliphatic hydroxyl groups excluding tert-OH is 1. The minimum Gasteiger partial charge on any atom is -0.469 e. The predicted molar refractivity (Wildman–Crippen MR) is 56.6 cm³/mol. The number of esters is 1. The lowest BCUT2D eigenvalue weighted by Gasteiger charge is -2.21. The number of carbonyl (C=O) groups is 1. The van der Waals surface area contributed by atoms with E-state index < -0.39 is 0 Å². The fraction of sp³-hybridized carbons (Fsp3) is 0.900. The van der Waals surface area contributed by atoms with Gasteiger partial charge in [-0.3, -0.25) is 4.79 Å². The summed E-state index contributed by atoms with van der Waals surface area (Å²) >= 11 is 0. The monoisotopic (exact) mass is 219 g/mol. The van der Waals surface area contributed by atoms with E-state index in [2.05, 4.69) is 10.1 Å². The van der Waals surface area contributed by atoms with Gasteiger partial charge in [0.15, 0.2) is 0 Å². The molecule has 0 aliphatic heterocycles. The molecule has 0 fully saturated rings. The first-order valence-electron chi connectivity index (χ1n) is 5.06. The van der Waals surface area contributed by atoms with Gasteiger partial charge in [-0.1, -0.05) is 0 Å². The van der Waals surface area contributed by atoms with Gasteiger partial charge in [0.2, 0.25) is 0 Å². The van der Waals surface area contributed by atoms with Crippen molar-refractivity contribution in [3.8, 4) is 0 Å². The average molecular weight is 219 g/mol. The van der Waals surface area contributed by atoms with Crippen LogP contribution in [-0.4, -0.2) is 50.6 Å². The minimum absolute atomic E-state index is 0.0177. The molecule has 0 heterocycles. The predicted octanol–water partition coefficient (Wildman–Crippen LogP) is -0.0750. The molecule has 5 nitrogen and oxygen atoms in total. The van der Waals surface area contributed by atoms with Gasteiger partial charge in [-0.15, -0.1) is 0 Å². The number of nitrogens with one attached hydrogen (secondary N) is 1. The van der Waals surface area contributed by atoms with Crippen LogP contribution in [0.1, 0.15) is 19.8 Å². The lowest BCUT2D eigenvalue weighted by atomic mass is 10.1. The Hall–Kier alpha value is -0.650. The van der Waals surface area contributed by atoms with Crippen molar-refractivity contribution in [3.63, 3.8) is 0 Å². The Morgan fingerprint density at radius 2 is 2.13 bits per heavy atom. The Kier molecular flexibility index (Phi) is 8.27. The highest BCUT2D eigenvalue weighted by Crippen LogP contribution is 1.99. The van der Waals surface area contributed by atoms with E-state index >= 15 is 0 Å². The molecule has 0 aliphatic rings. The molecule has 2 unspecified atom stereocenters. The molecule has 0 aliphatic carbocycles. The second-order valence-electron chi connectivity index (χ2n) is 3.51. The van der Waals surface area contributed by atoms with Crippen LogP contribution in [0.5, 0.6) is 0 Å². The maximum atomic E-state index is 11.0. The molecule has 0 amide bonds. The molecule has 0 saturated carbocycles. The van der Waals surface area contributed by atoms with E-state index in [1.54, 1.807) is 7.11 Å². The van der Waals surface area contributed by atoms with Crippen molar-refractivity contribution in [2.75, 3.05) is 27.4 Å². The highest BCUT2D eigenvalue weighted by molar-refractivity contribution is 5.69. The highest BCUT2D eigenvalue weighted by Gasteiger charge is 2.14. The number of ether oxygens (including phenoxy) is 2. The quantitative estimate of drug-likeness (QED) is 0.559. The fourth-order valence-corrected chi connectivity index (χ4v) is 1.37. The molecular formula is C10H21NO4. The molecule has 5 heteroatoms. The van der Waals surface area contributed by atoms with E-state index in [1.165, 1.54) is 7.11 Å². The van der Waals surface area contributed by atoms with Crippen LogP contribution in [0.2, 0.25) is 0 Å². The standard InChI is InChI=1S/C10H21NO4/c1-8(6-10(13)15-3)11-9(4-5-12)7-14-2/h8-9,11-12H,4-7H2,1-3H3. The fourth-order valence-electron chi connectivity index (χ4n) is 1.37. The summed E-state index contributed by atoms with van der Waals surface area (Å²) in [6, 6.07) is 0.0869. The summed E-state index contributed by atoms with van der Waals surface area (Å²) < 4.78 is 9.56. The molecule has 15 heavy (non-hydrogen) atoms. The summed E-state index contributed by atoms with van der Waals surface area (Å²) in [6.45, 7) is 2.52. The summed E-state index contributed by atoms with van der Waals surface area (Å²) in [5.74, 6) is -0.241. The van der Waals surface area contributed by atoms with Gasteiger partial charge in [0.05, 0.1) is 20.1 Å². The summed E-state index contributed by atoms with van der Waals surface area (Å²) in [6.07, 6.45) is 0.932. The van der Waals surface area contributed by atoms with Crippen molar-refractivity contribution < 1.29 is 19.4 Å². The van der Waals surface area contributed by atoms with Crippen LogP contribution >= 0.6 is 0 Å². The number of methoxy groups -OCH3 is 2. The maximum absolute atomic E-state index is 11.0. The van der Waals surface area contributed by atoms with Crippen molar-refractivity contribution >= 4 is 5.97 Å². The SMILES string of the molecule is COCC(CCO)NC(C)CC(=O)OC. The Morgan fingerprint density at radius 3 is 2.60 bits per heavy atom. The Bertz CT molecular complexity index is 169. The molecule has 2 N–H and O–H groups in total. The first kappa shape index (κ1) is 14.3. The van der Waals surface area contributed by atoms with E-state index in [-0.39, 0.29) is 24.7 Å². The third-order valence-electron chi connectivity index (χ3n) is 2.07. The van der Waals surface area contributed by atoms with Gasteiger partial charge in [0, 0.05) is 25.8 Å². The third-order valence-corrected chi connectivity index (χ3v) is 2.07. The summed E-state index contributed by atoms with van der Waals surface area (Å²) in [7, 11) is 2.98. The van der Waals surface area contributed by atoms with E-state index in [0.717, 1.165) is 0 Å². The average Bonchev–Trinajstić information content (AvgIpc) is 2.18. The normalized spacial score (nSPS) is 14.7. The number of rotatable bonds is 8. The van der Waals surface area contributed by atoms with Crippen molar-refractivity contribution in [2.24, 2.45) is 0 Å². The van der Waals surface area contributed by atoms with Gasteiger partial charge in [-0.2, -0.15) is 0 Å². The molecule has 0 saturated heterocycles. The van der Waals surface area contributed by atoms with E-state index in [4.69, 9.17) is 9.84 Å². The Labute approximate surface area is 90.8 Å². The third kappa shape index (κ3) is 7.30. The molecule has 0 bridgehead atoms. The van der Waals surface area contributed by atoms with E-state index in [0.29, 0.717) is 19.4 Å². The molecular weight excluding hydrogens is 198 g/mol. The zero-order chi connectivity index (χ0) is 11.7. The summed E-state index contributed by atoms with van der Waals surface area (Å²) in [4.78, 5) is 11.0. The van der Waals surface area contributed by atoms with Crippen LogP contribution in [0.25, 0.3) is 0 Å².